The molecular weight excluding hydrogens is 468 g/mol. The SMILES string of the molecule is Cc1cc(C)n(-c2ccc(CNC(=O)C(C)(C)S(=O)(=O)c3ccc(Br)cc3)cn2)n1. The molecule has 0 atom stereocenters. The minimum Gasteiger partial charge on any atom is -0.351 e. The van der Waals surface area contributed by atoms with Crippen molar-refractivity contribution in [2.24, 2.45) is 0 Å². The van der Waals surface area contributed by atoms with E-state index in [4.69, 9.17) is 0 Å². The van der Waals surface area contributed by atoms with Crippen molar-refractivity contribution in [2.45, 2.75) is 43.9 Å². The summed E-state index contributed by atoms with van der Waals surface area (Å²) < 4.78 is 26.8. The maximum Gasteiger partial charge on any atom is 0.241 e. The first-order valence-electron chi connectivity index (χ1n) is 9.29. The van der Waals surface area contributed by atoms with Crippen LogP contribution in [0.4, 0.5) is 0 Å². The maximum atomic E-state index is 13.0. The standard InChI is InChI=1S/C21H23BrN4O3S/c1-14-11-15(2)26(25-14)19-10-5-16(12-23-19)13-24-20(27)21(3,4)30(28,29)18-8-6-17(22)7-9-18/h5-12H,13H2,1-4H3,(H,24,27). The number of sulfone groups is 1. The van der Waals surface area contributed by atoms with Gasteiger partial charge in [0.1, 0.15) is 4.75 Å². The highest BCUT2D eigenvalue weighted by molar-refractivity contribution is 9.10. The molecule has 0 unspecified atom stereocenters. The van der Waals surface area contributed by atoms with E-state index in [9.17, 15) is 13.2 Å². The lowest BCUT2D eigenvalue weighted by Gasteiger charge is -2.24. The summed E-state index contributed by atoms with van der Waals surface area (Å²) in [6.07, 6.45) is 1.64. The van der Waals surface area contributed by atoms with Crippen molar-refractivity contribution in [1.29, 1.82) is 0 Å². The molecule has 0 saturated carbocycles. The van der Waals surface area contributed by atoms with Crippen molar-refractivity contribution in [1.82, 2.24) is 20.1 Å². The predicted molar refractivity (Wildman–Crippen MR) is 118 cm³/mol. The Bertz CT molecular complexity index is 1170. The third-order valence-electron chi connectivity index (χ3n) is 4.83. The summed E-state index contributed by atoms with van der Waals surface area (Å²) in [4.78, 5) is 17.2. The lowest BCUT2D eigenvalue weighted by molar-refractivity contribution is -0.123. The van der Waals surface area contributed by atoms with Crippen molar-refractivity contribution in [2.75, 3.05) is 0 Å². The summed E-state index contributed by atoms with van der Waals surface area (Å²) >= 11 is 3.28. The van der Waals surface area contributed by atoms with Gasteiger partial charge < -0.3 is 5.32 Å². The molecule has 7 nitrogen and oxygen atoms in total. The Labute approximate surface area is 184 Å². The Morgan fingerprint density at radius 3 is 2.33 bits per heavy atom. The molecule has 2 heterocycles. The highest BCUT2D eigenvalue weighted by Gasteiger charge is 2.42. The minimum absolute atomic E-state index is 0.0988. The van der Waals surface area contributed by atoms with Gasteiger partial charge in [-0.05, 0) is 69.7 Å². The van der Waals surface area contributed by atoms with Crippen molar-refractivity contribution in [3.63, 3.8) is 0 Å². The molecule has 1 amide bonds. The Kier molecular flexibility index (Phi) is 6.14. The number of nitrogens with one attached hydrogen (secondary N) is 1. The summed E-state index contributed by atoms with van der Waals surface area (Å²) in [6.45, 7) is 6.84. The van der Waals surface area contributed by atoms with Crippen molar-refractivity contribution in [3.05, 3.63) is 70.1 Å². The molecule has 0 radical (unpaired) electrons. The zero-order chi connectivity index (χ0) is 22.1. The van der Waals surface area contributed by atoms with Crippen LogP contribution in [0.1, 0.15) is 30.8 Å². The molecule has 0 spiro atoms. The van der Waals surface area contributed by atoms with E-state index in [1.807, 2.05) is 32.0 Å². The Balaban J connectivity index is 1.71. The van der Waals surface area contributed by atoms with Crippen molar-refractivity contribution >= 4 is 31.7 Å². The Morgan fingerprint density at radius 2 is 1.80 bits per heavy atom. The molecule has 0 fully saturated rings. The number of hydrogen-bond donors (Lipinski definition) is 1. The lowest BCUT2D eigenvalue weighted by atomic mass is 10.2. The van der Waals surface area contributed by atoms with Crippen molar-refractivity contribution < 1.29 is 13.2 Å². The van der Waals surface area contributed by atoms with E-state index in [2.05, 4.69) is 31.3 Å². The minimum atomic E-state index is -3.86. The number of rotatable bonds is 6. The van der Waals surface area contributed by atoms with Gasteiger partial charge in [-0.1, -0.05) is 22.0 Å². The van der Waals surface area contributed by atoms with Crippen LogP contribution in [-0.4, -0.2) is 33.8 Å². The van der Waals surface area contributed by atoms with E-state index in [0.717, 1.165) is 21.4 Å². The number of pyridine rings is 1. The highest BCUT2D eigenvalue weighted by atomic mass is 79.9. The number of nitrogens with zero attached hydrogens (tertiary/aromatic N) is 3. The molecule has 0 aliphatic heterocycles. The van der Waals surface area contributed by atoms with Crippen LogP contribution in [0.3, 0.4) is 0 Å². The normalized spacial score (nSPS) is 12.0. The quantitative estimate of drug-likeness (QED) is 0.570. The fraction of sp³-hybridized carbons (Fsp3) is 0.286. The number of carbonyl (C=O) groups excluding carboxylic acids is 1. The zero-order valence-electron chi connectivity index (χ0n) is 17.2. The number of carbonyl (C=O) groups is 1. The second-order valence-corrected chi connectivity index (χ2v) is 10.9. The molecule has 9 heteroatoms. The molecule has 3 aromatic rings. The van der Waals surface area contributed by atoms with Crippen LogP contribution in [0.25, 0.3) is 5.82 Å². The predicted octanol–water partition coefficient (Wildman–Crippen LogP) is 3.52. The monoisotopic (exact) mass is 490 g/mol. The highest BCUT2D eigenvalue weighted by Crippen LogP contribution is 2.27. The van der Waals surface area contributed by atoms with Crippen LogP contribution in [0, 0.1) is 13.8 Å². The first-order valence-corrected chi connectivity index (χ1v) is 11.6. The number of halogens is 1. The first kappa shape index (κ1) is 22.2. The van der Waals surface area contributed by atoms with E-state index in [1.54, 1.807) is 23.0 Å². The summed E-state index contributed by atoms with van der Waals surface area (Å²) in [5, 5.41) is 7.10. The molecular formula is C21H23BrN4O3S. The van der Waals surface area contributed by atoms with E-state index >= 15 is 0 Å². The van der Waals surface area contributed by atoms with Gasteiger partial charge in [0, 0.05) is 22.9 Å². The molecule has 0 bridgehead atoms. The average molecular weight is 491 g/mol. The van der Waals surface area contributed by atoms with E-state index in [1.165, 1.54) is 26.0 Å². The second-order valence-electron chi connectivity index (χ2n) is 7.51. The van der Waals surface area contributed by atoms with E-state index in [-0.39, 0.29) is 11.4 Å². The van der Waals surface area contributed by atoms with Gasteiger partial charge >= 0.3 is 0 Å². The van der Waals surface area contributed by atoms with Crippen LogP contribution in [0.5, 0.6) is 0 Å². The van der Waals surface area contributed by atoms with Gasteiger partial charge in [-0.25, -0.2) is 18.1 Å². The molecule has 0 saturated heterocycles. The van der Waals surface area contributed by atoms with Gasteiger partial charge in [0.2, 0.25) is 5.91 Å². The van der Waals surface area contributed by atoms with Gasteiger partial charge in [0.25, 0.3) is 0 Å². The van der Waals surface area contributed by atoms with Gasteiger partial charge in [-0.2, -0.15) is 5.10 Å². The van der Waals surface area contributed by atoms with Gasteiger partial charge in [0.15, 0.2) is 15.7 Å². The summed E-state index contributed by atoms with van der Waals surface area (Å²) in [5.74, 6) is 0.0989. The summed E-state index contributed by atoms with van der Waals surface area (Å²) in [6, 6.07) is 11.8. The van der Waals surface area contributed by atoms with Crippen LogP contribution in [-0.2, 0) is 21.2 Å². The molecule has 1 aromatic carbocycles. The molecule has 0 aliphatic carbocycles. The topological polar surface area (TPSA) is 94.0 Å². The number of aromatic nitrogens is 3. The Hall–Kier alpha value is -2.52. The maximum absolute atomic E-state index is 13.0. The average Bonchev–Trinajstić information content (AvgIpc) is 3.04. The zero-order valence-corrected chi connectivity index (χ0v) is 19.6. The third-order valence-corrected chi connectivity index (χ3v) is 7.78. The van der Waals surface area contributed by atoms with Crippen LogP contribution >= 0.6 is 15.9 Å². The van der Waals surface area contributed by atoms with Crippen LogP contribution in [0.2, 0.25) is 0 Å². The molecule has 158 valence electrons. The summed E-state index contributed by atoms with van der Waals surface area (Å²) in [7, 11) is -3.86. The third kappa shape index (κ3) is 4.32. The largest absolute Gasteiger partial charge is 0.351 e. The van der Waals surface area contributed by atoms with E-state index in [0.29, 0.717) is 5.82 Å². The number of benzene rings is 1. The van der Waals surface area contributed by atoms with Gasteiger partial charge in [-0.15, -0.1) is 0 Å². The lowest BCUT2D eigenvalue weighted by Crippen LogP contribution is -2.47. The molecule has 1 N–H and O–H groups in total. The molecule has 2 aromatic heterocycles. The molecule has 30 heavy (non-hydrogen) atoms. The fourth-order valence-electron chi connectivity index (χ4n) is 2.93. The van der Waals surface area contributed by atoms with Gasteiger partial charge in [-0.3, -0.25) is 4.79 Å². The van der Waals surface area contributed by atoms with Gasteiger partial charge in [0.05, 0.1) is 10.6 Å². The number of amides is 1. The van der Waals surface area contributed by atoms with Crippen LogP contribution < -0.4 is 5.32 Å². The fourth-order valence-corrected chi connectivity index (χ4v) is 4.60. The van der Waals surface area contributed by atoms with E-state index < -0.39 is 20.5 Å². The second kappa shape index (κ2) is 8.31. The molecule has 3 rings (SSSR count). The number of aryl methyl sites for hydroxylation is 2. The summed E-state index contributed by atoms with van der Waals surface area (Å²) in [5.41, 5.74) is 2.63. The Morgan fingerprint density at radius 1 is 1.13 bits per heavy atom. The van der Waals surface area contributed by atoms with Crippen LogP contribution in [0.15, 0.2) is 58.0 Å². The van der Waals surface area contributed by atoms with Crippen molar-refractivity contribution in [3.8, 4) is 5.82 Å². The first-order chi connectivity index (χ1) is 14.0. The number of hydrogen-bond acceptors (Lipinski definition) is 5. The molecule has 0 aliphatic rings. The smallest absolute Gasteiger partial charge is 0.241 e.